The van der Waals surface area contributed by atoms with Gasteiger partial charge in [0.05, 0.1) is 16.8 Å². The molecule has 2 aromatic carbocycles. The summed E-state index contributed by atoms with van der Waals surface area (Å²) in [5.41, 5.74) is 3.72. The number of aromatic nitrogens is 1. The van der Waals surface area contributed by atoms with Crippen molar-refractivity contribution >= 4 is 16.8 Å². The van der Waals surface area contributed by atoms with Crippen LogP contribution < -0.4 is 0 Å². The second-order valence-electron chi connectivity index (χ2n) is 7.26. The molecule has 1 aromatic heterocycles. The van der Waals surface area contributed by atoms with Gasteiger partial charge in [0.1, 0.15) is 0 Å². The molecule has 0 amide bonds. The first-order chi connectivity index (χ1) is 12.7. The third-order valence-corrected chi connectivity index (χ3v) is 5.61. The first kappa shape index (κ1) is 15.5. The number of para-hydroxylation sites is 1. The van der Waals surface area contributed by atoms with Gasteiger partial charge in [-0.3, -0.25) is 10.3 Å². The number of likely N-dealkylation sites (tertiary alicyclic amines) is 1. The lowest BCUT2D eigenvalue weighted by Gasteiger charge is -2.38. The van der Waals surface area contributed by atoms with Gasteiger partial charge < -0.3 is 4.74 Å². The Labute approximate surface area is 152 Å². The molecular weight excluding hydrogens is 322 g/mol. The first-order valence-corrected chi connectivity index (χ1v) is 9.18. The number of piperidine rings is 1. The van der Waals surface area contributed by atoms with Gasteiger partial charge in [-0.25, -0.2) is 4.98 Å². The highest BCUT2D eigenvalue weighted by Gasteiger charge is 2.47. The van der Waals surface area contributed by atoms with Gasteiger partial charge in [0, 0.05) is 37.9 Å². The lowest BCUT2D eigenvalue weighted by molar-refractivity contribution is -0.00794. The van der Waals surface area contributed by atoms with E-state index >= 15 is 0 Å². The molecule has 3 heterocycles. The molecule has 0 bridgehead atoms. The number of hydrogen-bond donors (Lipinski definition) is 1. The maximum absolute atomic E-state index is 8.32. The predicted molar refractivity (Wildman–Crippen MR) is 102 cm³/mol. The van der Waals surface area contributed by atoms with Gasteiger partial charge in [-0.2, -0.15) is 0 Å². The van der Waals surface area contributed by atoms with E-state index in [1.54, 1.807) is 0 Å². The Morgan fingerprint density at radius 1 is 1.00 bits per heavy atom. The van der Waals surface area contributed by atoms with E-state index in [0.29, 0.717) is 0 Å². The summed E-state index contributed by atoms with van der Waals surface area (Å²) in [6, 6.07) is 20.8. The molecule has 130 valence electrons. The second-order valence-corrected chi connectivity index (χ2v) is 7.26. The normalized spacial score (nSPS) is 18.8. The number of fused-ring (bicyclic) bond motifs is 3. The van der Waals surface area contributed by atoms with Crippen molar-refractivity contribution in [3.05, 3.63) is 77.5 Å². The van der Waals surface area contributed by atoms with Crippen LogP contribution in [0.1, 0.15) is 29.7 Å². The third-order valence-electron chi connectivity index (χ3n) is 5.61. The fourth-order valence-electron chi connectivity index (χ4n) is 4.19. The minimum Gasteiger partial charge on any atom is -0.464 e. The van der Waals surface area contributed by atoms with Crippen LogP contribution in [0, 0.1) is 5.41 Å². The molecule has 0 unspecified atom stereocenters. The summed E-state index contributed by atoms with van der Waals surface area (Å²) >= 11 is 0. The van der Waals surface area contributed by atoms with Gasteiger partial charge in [-0.1, -0.05) is 48.5 Å². The third kappa shape index (κ3) is 2.49. The number of benzene rings is 2. The molecule has 2 aliphatic rings. The SMILES string of the molecule is N=C1OC2(CCN(Cc3ccccc3)CC2)c2nc3ccccc3cc21. The Morgan fingerprint density at radius 2 is 1.73 bits per heavy atom. The number of ether oxygens (including phenoxy) is 1. The molecule has 1 spiro atoms. The lowest BCUT2D eigenvalue weighted by Crippen LogP contribution is -2.42. The van der Waals surface area contributed by atoms with Crippen LogP contribution in [0.2, 0.25) is 0 Å². The number of pyridine rings is 1. The quantitative estimate of drug-likeness (QED) is 0.763. The van der Waals surface area contributed by atoms with Crippen LogP contribution in [0.25, 0.3) is 10.9 Å². The molecule has 4 heteroatoms. The zero-order chi connectivity index (χ0) is 17.6. The molecule has 0 saturated carbocycles. The summed E-state index contributed by atoms with van der Waals surface area (Å²) in [4.78, 5) is 7.37. The van der Waals surface area contributed by atoms with Crippen molar-refractivity contribution in [1.82, 2.24) is 9.88 Å². The molecule has 1 fully saturated rings. The minimum absolute atomic E-state index is 0.273. The Morgan fingerprint density at radius 3 is 2.54 bits per heavy atom. The van der Waals surface area contributed by atoms with E-state index in [2.05, 4.69) is 41.3 Å². The molecule has 1 N–H and O–H groups in total. The van der Waals surface area contributed by atoms with Crippen molar-refractivity contribution < 1.29 is 4.74 Å². The highest BCUT2D eigenvalue weighted by atomic mass is 16.5. The summed E-state index contributed by atoms with van der Waals surface area (Å²) < 4.78 is 6.12. The van der Waals surface area contributed by atoms with E-state index < -0.39 is 5.60 Å². The number of hydrogen-bond acceptors (Lipinski definition) is 4. The van der Waals surface area contributed by atoms with E-state index in [9.17, 15) is 0 Å². The maximum Gasteiger partial charge on any atom is 0.216 e. The number of nitrogens with one attached hydrogen (secondary N) is 1. The van der Waals surface area contributed by atoms with E-state index in [0.717, 1.165) is 54.6 Å². The van der Waals surface area contributed by atoms with Gasteiger partial charge >= 0.3 is 0 Å². The van der Waals surface area contributed by atoms with Gasteiger partial charge in [-0.15, -0.1) is 0 Å². The highest BCUT2D eigenvalue weighted by Crippen LogP contribution is 2.44. The summed E-state index contributed by atoms with van der Waals surface area (Å²) in [5.74, 6) is 0.273. The summed E-state index contributed by atoms with van der Waals surface area (Å²) in [6.45, 7) is 2.87. The van der Waals surface area contributed by atoms with Crippen LogP contribution in [0.5, 0.6) is 0 Å². The molecular formula is C22H21N3O. The van der Waals surface area contributed by atoms with Crippen molar-refractivity contribution in [2.75, 3.05) is 13.1 Å². The van der Waals surface area contributed by atoms with Crippen LogP contribution in [0.3, 0.4) is 0 Å². The van der Waals surface area contributed by atoms with E-state index in [-0.39, 0.29) is 5.90 Å². The highest BCUT2D eigenvalue weighted by molar-refractivity contribution is 5.99. The molecule has 0 atom stereocenters. The van der Waals surface area contributed by atoms with Gasteiger partial charge in [0.2, 0.25) is 5.90 Å². The fraction of sp³-hybridized carbons (Fsp3) is 0.273. The van der Waals surface area contributed by atoms with Crippen molar-refractivity contribution in [3.8, 4) is 0 Å². The Hall–Kier alpha value is -2.72. The molecule has 1 saturated heterocycles. The van der Waals surface area contributed by atoms with Crippen LogP contribution in [0.15, 0.2) is 60.7 Å². The Balaban J connectivity index is 1.42. The standard InChI is InChI=1S/C22H21N3O/c23-21-18-14-17-8-4-5-9-19(17)24-20(18)22(26-21)10-12-25(13-11-22)15-16-6-2-1-3-7-16/h1-9,14,23H,10-13,15H2. The molecule has 2 aliphatic heterocycles. The van der Waals surface area contributed by atoms with Crippen LogP contribution in [-0.4, -0.2) is 28.9 Å². The first-order valence-electron chi connectivity index (χ1n) is 9.18. The van der Waals surface area contributed by atoms with Crippen molar-refractivity contribution in [1.29, 1.82) is 5.41 Å². The smallest absolute Gasteiger partial charge is 0.216 e. The molecule has 0 aliphatic carbocycles. The van der Waals surface area contributed by atoms with E-state index in [4.69, 9.17) is 15.1 Å². The van der Waals surface area contributed by atoms with E-state index in [1.807, 2.05) is 24.3 Å². The second kappa shape index (κ2) is 5.92. The fourth-order valence-corrected chi connectivity index (χ4v) is 4.19. The molecule has 26 heavy (non-hydrogen) atoms. The average molecular weight is 343 g/mol. The average Bonchev–Trinajstić information content (AvgIpc) is 2.94. The van der Waals surface area contributed by atoms with Crippen molar-refractivity contribution in [2.45, 2.75) is 25.0 Å². The van der Waals surface area contributed by atoms with Gasteiger partial charge in [0.15, 0.2) is 5.60 Å². The number of rotatable bonds is 2. The maximum atomic E-state index is 8.32. The topological polar surface area (TPSA) is 49.2 Å². The summed E-state index contributed by atoms with van der Waals surface area (Å²) in [6.07, 6.45) is 1.75. The lowest BCUT2D eigenvalue weighted by atomic mass is 9.86. The van der Waals surface area contributed by atoms with Crippen LogP contribution >= 0.6 is 0 Å². The zero-order valence-electron chi connectivity index (χ0n) is 14.6. The summed E-state index contributed by atoms with van der Waals surface area (Å²) in [5, 5.41) is 9.39. The monoisotopic (exact) mass is 343 g/mol. The predicted octanol–water partition coefficient (Wildman–Crippen LogP) is 4.08. The van der Waals surface area contributed by atoms with Gasteiger partial charge in [-0.05, 0) is 17.7 Å². The Kier molecular flexibility index (Phi) is 3.54. The summed E-state index contributed by atoms with van der Waals surface area (Å²) in [7, 11) is 0. The largest absolute Gasteiger partial charge is 0.464 e. The zero-order valence-corrected chi connectivity index (χ0v) is 14.6. The van der Waals surface area contributed by atoms with Crippen molar-refractivity contribution in [3.63, 3.8) is 0 Å². The minimum atomic E-state index is -0.427. The molecule has 4 nitrogen and oxygen atoms in total. The van der Waals surface area contributed by atoms with E-state index in [1.165, 1.54) is 5.56 Å². The molecule has 0 radical (unpaired) electrons. The van der Waals surface area contributed by atoms with Crippen molar-refractivity contribution in [2.24, 2.45) is 0 Å². The molecule has 5 rings (SSSR count). The van der Waals surface area contributed by atoms with Crippen LogP contribution in [-0.2, 0) is 16.9 Å². The van der Waals surface area contributed by atoms with Crippen LogP contribution in [0.4, 0.5) is 0 Å². The van der Waals surface area contributed by atoms with Gasteiger partial charge in [0.25, 0.3) is 0 Å². The molecule has 3 aromatic rings. The number of nitrogens with zero attached hydrogens (tertiary/aromatic N) is 2. The Bertz CT molecular complexity index is 975.